The minimum Gasteiger partial charge on any atom is -0.356 e. The zero-order valence-electron chi connectivity index (χ0n) is 12.5. The summed E-state index contributed by atoms with van der Waals surface area (Å²) in [7, 11) is 0. The maximum absolute atomic E-state index is 11.9. The summed E-state index contributed by atoms with van der Waals surface area (Å²) in [5, 5.41) is 3.97. The van der Waals surface area contributed by atoms with Gasteiger partial charge in [-0.2, -0.15) is 0 Å². The molecule has 2 rings (SSSR count). The van der Waals surface area contributed by atoms with Gasteiger partial charge in [0.25, 0.3) is 0 Å². The second-order valence-corrected chi connectivity index (χ2v) is 5.97. The average molecular weight is 350 g/mol. The molecule has 2 aromatic rings. The predicted molar refractivity (Wildman–Crippen MR) is 93.2 cm³/mol. The zero-order valence-corrected chi connectivity index (χ0v) is 14.0. The highest BCUT2D eigenvalue weighted by Gasteiger charge is 2.09. The van der Waals surface area contributed by atoms with Crippen molar-refractivity contribution in [3.8, 4) is 0 Å². The third-order valence-corrected chi connectivity index (χ3v) is 3.99. The Morgan fingerprint density at radius 1 is 0.957 bits per heavy atom. The van der Waals surface area contributed by atoms with Crippen LogP contribution in [-0.2, 0) is 11.2 Å². The van der Waals surface area contributed by atoms with E-state index in [1.165, 1.54) is 0 Å². The van der Waals surface area contributed by atoms with Crippen LogP contribution in [0, 0.1) is 0 Å². The van der Waals surface area contributed by atoms with E-state index in [0.29, 0.717) is 28.6 Å². The minimum absolute atomic E-state index is 0.0264. The van der Waals surface area contributed by atoms with E-state index in [9.17, 15) is 9.59 Å². The Kier molecular flexibility index (Phi) is 6.63. The third-order valence-electron chi connectivity index (χ3n) is 3.41. The molecule has 3 nitrogen and oxygen atoms in total. The number of nitrogens with one attached hydrogen (secondary N) is 1. The molecule has 0 aromatic heterocycles. The number of hydrogen-bond donors (Lipinski definition) is 1. The quantitative estimate of drug-likeness (QED) is 0.756. The molecule has 0 unspecified atom stereocenters. The summed E-state index contributed by atoms with van der Waals surface area (Å²) in [5.41, 5.74) is 1.56. The minimum atomic E-state index is -0.139. The summed E-state index contributed by atoms with van der Waals surface area (Å²) in [4.78, 5) is 23.7. The van der Waals surface area contributed by atoms with E-state index in [0.717, 1.165) is 5.56 Å². The van der Waals surface area contributed by atoms with Crippen molar-refractivity contribution in [2.75, 3.05) is 6.54 Å². The lowest BCUT2D eigenvalue weighted by molar-refractivity contribution is -0.121. The Morgan fingerprint density at radius 3 is 2.39 bits per heavy atom. The number of halogens is 2. The van der Waals surface area contributed by atoms with E-state index in [4.69, 9.17) is 23.2 Å². The highest BCUT2D eigenvalue weighted by Crippen LogP contribution is 2.21. The van der Waals surface area contributed by atoms with Gasteiger partial charge < -0.3 is 5.32 Å². The molecule has 2 aromatic carbocycles. The van der Waals surface area contributed by atoms with Crippen molar-refractivity contribution < 1.29 is 9.59 Å². The molecule has 0 bridgehead atoms. The maximum Gasteiger partial charge on any atom is 0.220 e. The van der Waals surface area contributed by atoms with Gasteiger partial charge in [-0.3, -0.25) is 9.59 Å². The van der Waals surface area contributed by atoms with Gasteiger partial charge in [-0.15, -0.1) is 0 Å². The normalized spacial score (nSPS) is 10.3. The molecule has 0 aliphatic heterocycles. The molecule has 0 spiro atoms. The van der Waals surface area contributed by atoms with Crippen LogP contribution in [0.3, 0.4) is 0 Å². The fourth-order valence-electron chi connectivity index (χ4n) is 2.14. The number of benzene rings is 2. The Hall–Kier alpha value is -1.84. The van der Waals surface area contributed by atoms with Crippen LogP contribution in [0.15, 0.2) is 48.5 Å². The first-order chi connectivity index (χ1) is 11.1. The summed E-state index contributed by atoms with van der Waals surface area (Å²) >= 11 is 11.9. The zero-order chi connectivity index (χ0) is 16.7. The van der Waals surface area contributed by atoms with E-state index >= 15 is 0 Å². The van der Waals surface area contributed by atoms with Crippen molar-refractivity contribution >= 4 is 34.9 Å². The van der Waals surface area contributed by atoms with Crippen LogP contribution >= 0.6 is 23.2 Å². The lowest BCUT2D eigenvalue weighted by Crippen LogP contribution is -2.26. The van der Waals surface area contributed by atoms with Crippen LogP contribution in [0.25, 0.3) is 0 Å². The summed E-state index contributed by atoms with van der Waals surface area (Å²) in [6.07, 6.45) is 1.01. The van der Waals surface area contributed by atoms with E-state index < -0.39 is 0 Å². The van der Waals surface area contributed by atoms with Gasteiger partial charge in [-0.25, -0.2) is 0 Å². The molecule has 0 radical (unpaired) electrons. The molecule has 0 heterocycles. The van der Waals surface area contributed by atoms with Crippen LogP contribution in [-0.4, -0.2) is 18.2 Å². The second kappa shape index (κ2) is 8.70. The SMILES string of the molecule is O=C(CCC(=O)c1ccccc1)NCCc1ccc(Cl)cc1Cl. The van der Waals surface area contributed by atoms with Crippen molar-refractivity contribution in [3.05, 3.63) is 69.7 Å². The molecule has 1 amide bonds. The molecule has 5 heteroatoms. The lowest BCUT2D eigenvalue weighted by Gasteiger charge is -2.07. The molecule has 0 aliphatic rings. The maximum atomic E-state index is 11.9. The van der Waals surface area contributed by atoms with Gasteiger partial charge in [0.1, 0.15) is 0 Å². The molecular weight excluding hydrogens is 333 g/mol. The smallest absolute Gasteiger partial charge is 0.220 e. The molecule has 0 atom stereocenters. The first kappa shape index (κ1) is 17.5. The third kappa shape index (κ3) is 5.70. The summed E-state index contributed by atoms with van der Waals surface area (Å²) in [6.45, 7) is 0.472. The standard InChI is InChI=1S/C18H17Cl2NO2/c19-15-7-6-13(16(20)12-15)10-11-21-18(23)9-8-17(22)14-4-2-1-3-5-14/h1-7,12H,8-11H2,(H,21,23). The summed E-state index contributed by atoms with van der Waals surface area (Å²) < 4.78 is 0. The summed E-state index contributed by atoms with van der Waals surface area (Å²) in [6, 6.07) is 14.3. The van der Waals surface area contributed by atoms with Crippen molar-refractivity contribution in [3.63, 3.8) is 0 Å². The van der Waals surface area contributed by atoms with Crippen LogP contribution in [0.4, 0.5) is 0 Å². The molecule has 120 valence electrons. The first-order valence-corrected chi connectivity index (χ1v) is 8.11. The van der Waals surface area contributed by atoms with Gasteiger partial charge >= 0.3 is 0 Å². The fraction of sp³-hybridized carbons (Fsp3) is 0.222. The predicted octanol–water partition coefficient (Wildman–Crippen LogP) is 4.32. The van der Waals surface area contributed by atoms with Gasteiger partial charge in [0.15, 0.2) is 5.78 Å². The number of hydrogen-bond acceptors (Lipinski definition) is 2. The monoisotopic (exact) mass is 349 g/mol. The number of rotatable bonds is 7. The molecule has 0 aliphatic carbocycles. The molecule has 23 heavy (non-hydrogen) atoms. The average Bonchev–Trinajstić information content (AvgIpc) is 2.55. The van der Waals surface area contributed by atoms with Crippen molar-refractivity contribution in [2.45, 2.75) is 19.3 Å². The molecule has 1 N–H and O–H groups in total. The number of ketones is 1. The number of carbonyl (C=O) groups excluding carboxylic acids is 2. The molecule has 0 fully saturated rings. The van der Waals surface area contributed by atoms with Crippen LogP contribution in [0.5, 0.6) is 0 Å². The Balaban J connectivity index is 1.72. The van der Waals surface area contributed by atoms with E-state index in [1.807, 2.05) is 24.3 Å². The van der Waals surface area contributed by atoms with Crippen LogP contribution < -0.4 is 5.32 Å². The van der Waals surface area contributed by atoms with Crippen LogP contribution in [0.1, 0.15) is 28.8 Å². The van der Waals surface area contributed by atoms with E-state index in [1.54, 1.807) is 24.3 Å². The van der Waals surface area contributed by atoms with E-state index in [2.05, 4.69) is 5.32 Å². The number of amides is 1. The highest BCUT2D eigenvalue weighted by atomic mass is 35.5. The first-order valence-electron chi connectivity index (χ1n) is 7.35. The fourth-order valence-corrected chi connectivity index (χ4v) is 2.65. The van der Waals surface area contributed by atoms with Gasteiger partial charge in [0.2, 0.25) is 5.91 Å². The van der Waals surface area contributed by atoms with Crippen molar-refractivity contribution in [2.24, 2.45) is 0 Å². The van der Waals surface area contributed by atoms with Gasteiger partial charge in [0, 0.05) is 35.0 Å². The second-order valence-electron chi connectivity index (χ2n) is 5.12. The molecule has 0 saturated carbocycles. The van der Waals surface area contributed by atoms with E-state index in [-0.39, 0.29) is 24.5 Å². The highest BCUT2D eigenvalue weighted by molar-refractivity contribution is 6.35. The molecular formula is C18H17Cl2NO2. The lowest BCUT2D eigenvalue weighted by atomic mass is 10.1. The molecule has 0 saturated heterocycles. The Bertz CT molecular complexity index is 687. The van der Waals surface area contributed by atoms with Gasteiger partial charge in [-0.1, -0.05) is 59.6 Å². The Morgan fingerprint density at radius 2 is 1.70 bits per heavy atom. The van der Waals surface area contributed by atoms with Crippen molar-refractivity contribution in [1.82, 2.24) is 5.32 Å². The van der Waals surface area contributed by atoms with Crippen LogP contribution in [0.2, 0.25) is 10.0 Å². The number of Topliss-reactive ketones (excluding diaryl/α,β-unsaturated/α-hetero) is 1. The van der Waals surface area contributed by atoms with Gasteiger partial charge in [-0.05, 0) is 24.1 Å². The topological polar surface area (TPSA) is 46.2 Å². The number of carbonyl (C=O) groups is 2. The van der Waals surface area contributed by atoms with Gasteiger partial charge in [0.05, 0.1) is 0 Å². The Labute approximate surface area is 145 Å². The van der Waals surface area contributed by atoms with Crippen molar-refractivity contribution in [1.29, 1.82) is 0 Å². The largest absolute Gasteiger partial charge is 0.356 e. The summed E-state index contributed by atoms with van der Waals surface area (Å²) in [5.74, 6) is -0.166.